The molecule has 2 rings (SSSR count). The molecule has 19 heavy (non-hydrogen) atoms. The number of benzene rings is 1. The maximum Gasteiger partial charge on any atom is 0.123 e. The van der Waals surface area contributed by atoms with Crippen molar-refractivity contribution in [1.29, 1.82) is 0 Å². The van der Waals surface area contributed by atoms with Crippen LogP contribution in [0.1, 0.15) is 42.8 Å². The predicted molar refractivity (Wildman–Crippen MR) is 76.4 cm³/mol. The molecule has 102 valence electrons. The highest BCUT2D eigenvalue weighted by Crippen LogP contribution is 2.28. The molecule has 1 aromatic heterocycles. The van der Waals surface area contributed by atoms with Gasteiger partial charge < -0.3 is 14.5 Å². The number of furan rings is 1. The second-order valence-corrected chi connectivity index (χ2v) is 4.87. The molecular formula is C16H21NO2. The van der Waals surface area contributed by atoms with Gasteiger partial charge >= 0.3 is 0 Å². The number of methoxy groups -OCH3 is 1. The molecule has 0 radical (unpaired) electrons. The van der Waals surface area contributed by atoms with Crippen molar-refractivity contribution in [2.45, 2.75) is 32.9 Å². The van der Waals surface area contributed by atoms with Crippen molar-refractivity contribution in [2.75, 3.05) is 7.11 Å². The van der Waals surface area contributed by atoms with Crippen molar-refractivity contribution in [2.24, 2.45) is 0 Å². The van der Waals surface area contributed by atoms with Crippen LogP contribution < -0.4 is 10.1 Å². The molecule has 2 aromatic rings. The number of aryl methyl sites for hydroxylation is 1. The van der Waals surface area contributed by atoms with Gasteiger partial charge in [-0.1, -0.05) is 12.1 Å². The minimum atomic E-state index is 0.163. The summed E-state index contributed by atoms with van der Waals surface area (Å²) in [6.45, 7) is 6.29. The normalized spacial score (nSPS) is 14.1. The fraction of sp³-hybridized carbons (Fsp3) is 0.375. The summed E-state index contributed by atoms with van der Waals surface area (Å²) in [5.74, 6) is 1.87. The Balaban J connectivity index is 2.13. The number of ether oxygens (including phenoxy) is 1. The molecule has 1 N–H and O–H groups in total. The van der Waals surface area contributed by atoms with Crippen molar-refractivity contribution >= 4 is 0 Å². The fourth-order valence-corrected chi connectivity index (χ4v) is 2.26. The highest BCUT2D eigenvalue weighted by Gasteiger charge is 2.16. The monoisotopic (exact) mass is 259 g/mol. The van der Waals surface area contributed by atoms with Gasteiger partial charge in [0.1, 0.15) is 11.5 Å². The van der Waals surface area contributed by atoms with Crippen LogP contribution >= 0.6 is 0 Å². The first-order valence-corrected chi connectivity index (χ1v) is 6.55. The Bertz CT molecular complexity index is 520. The minimum absolute atomic E-state index is 0.163. The van der Waals surface area contributed by atoms with Gasteiger partial charge in [-0.25, -0.2) is 0 Å². The first-order valence-electron chi connectivity index (χ1n) is 6.55. The summed E-state index contributed by atoms with van der Waals surface area (Å²) >= 11 is 0. The van der Waals surface area contributed by atoms with Crippen LogP contribution in [0.25, 0.3) is 0 Å². The van der Waals surface area contributed by atoms with Crippen molar-refractivity contribution in [3.05, 3.63) is 53.5 Å². The molecule has 1 unspecified atom stereocenters. The van der Waals surface area contributed by atoms with Crippen molar-refractivity contribution in [1.82, 2.24) is 5.32 Å². The highest BCUT2D eigenvalue weighted by molar-refractivity contribution is 5.39. The van der Waals surface area contributed by atoms with E-state index in [1.165, 1.54) is 5.56 Å². The zero-order chi connectivity index (χ0) is 13.8. The Hall–Kier alpha value is -1.74. The van der Waals surface area contributed by atoms with E-state index in [4.69, 9.17) is 9.15 Å². The first-order chi connectivity index (χ1) is 9.11. The van der Waals surface area contributed by atoms with Crippen LogP contribution in [0.4, 0.5) is 0 Å². The lowest BCUT2D eigenvalue weighted by Gasteiger charge is -2.21. The van der Waals surface area contributed by atoms with E-state index < -0.39 is 0 Å². The number of hydrogen-bond acceptors (Lipinski definition) is 3. The summed E-state index contributed by atoms with van der Waals surface area (Å²) in [6.07, 6.45) is 1.70. The van der Waals surface area contributed by atoms with Gasteiger partial charge in [-0.05, 0) is 44.5 Å². The summed E-state index contributed by atoms with van der Waals surface area (Å²) in [4.78, 5) is 0. The zero-order valence-corrected chi connectivity index (χ0v) is 11.9. The van der Waals surface area contributed by atoms with Crippen molar-refractivity contribution in [3.8, 4) is 5.75 Å². The van der Waals surface area contributed by atoms with Crippen molar-refractivity contribution in [3.63, 3.8) is 0 Å². The SMILES string of the molecule is COc1cc(C)ccc1C(C)N[C@@H](C)c1ccco1. The molecule has 2 atom stereocenters. The van der Waals surface area contributed by atoms with E-state index in [0.717, 1.165) is 17.1 Å². The van der Waals surface area contributed by atoms with Gasteiger partial charge in [0.05, 0.1) is 19.4 Å². The van der Waals surface area contributed by atoms with Gasteiger partial charge in [0.15, 0.2) is 0 Å². The fourth-order valence-electron chi connectivity index (χ4n) is 2.26. The Morgan fingerprint density at radius 1 is 1.16 bits per heavy atom. The van der Waals surface area contributed by atoms with E-state index >= 15 is 0 Å². The summed E-state index contributed by atoms with van der Waals surface area (Å²) in [5, 5.41) is 3.52. The second-order valence-electron chi connectivity index (χ2n) is 4.87. The summed E-state index contributed by atoms with van der Waals surface area (Å²) in [6, 6.07) is 10.5. The van der Waals surface area contributed by atoms with Gasteiger partial charge in [-0.2, -0.15) is 0 Å². The standard InChI is InChI=1S/C16H21NO2/c1-11-7-8-14(16(10-11)18-4)12(2)17-13(3)15-6-5-9-19-15/h5-10,12-13,17H,1-4H3/t12?,13-/m0/s1. The molecule has 1 aromatic carbocycles. The second kappa shape index (κ2) is 5.93. The van der Waals surface area contributed by atoms with Gasteiger partial charge in [0.25, 0.3) is 0 Å². The summed E-state index contributed by atoms with van der Waals surface area (Å²) in [5.41, 5.74) is 2.36. The van der Waals surface area contributed by atoms with Crippen LogP contribution in [0, 0.1) is 6.92 Å². The van der Waals surface area contributed by atoms with Crippen LogP contribution in [0.5, 0.6) is 5.75 Å². The Morgan fingerprint density at radius 2 is 1.95 bits per heavy atom. The van der Waals surface area contributed by atoms with Gasteiger partial charge in [-0.3, -0.25) is 0 Å². The third-order valence-electron chi connectivity index (χ3n) is 3.33. The molecule has 3 nitrogen and oxygen atoms in total. The molecule has 0 saturated carbocycles. The average molecular weight is 259 g/mol. The van der Waals surface area contributed by atoms with Crippen LogP contribution in [0.3, 0.4) is 0 Å². The zero-order valence-electron chi connectivity index (χ0n) is 11.9. The Morgan fingerprint density at radius 3 is 2.58 bits per heavy atom. The molecular weight excluding hydrogens is 238 g/mol. The molecule has 0 aliphatic heterocycles. The molecule has 0 saturated heterocycles. The van der Waals surface area contributed by atoms with Gasteiger partial charge in [-0.15, -0.1) is 0 Å². The van der Waals surface area contributed by atoms with E-state index in [2.05, 4.69) is 44.3 Å². The van der Waals surface area contributed by atoms with Crippen LogP contribution in [0.2, 0.25) is 0 Å². The highest BCUT2D eigenvalue weighted by atomic mass is 16.5. The third kappa shape index (κ3) is 3.18. The maximum atomic E-state index is 5.46. The predicted octanol–water partition coefficient (Wildman–Crippen LogP) is 4.01. The van der Waals surface area contributed by atoms with Gasteiger partial charge in [0.2, 0.25) is 0 Å². The van der Waals surface area contributed by atoms with Crippen molar-refractivity contribution < 1.29 is 9.15 Å². The molecule has 0 bridgehead atoms. The van der Waals surface area contributed by atoms with E-state index in [0.29, 0.717) is 0 Å². The molecule has 0 spiro atoms. The largest absolute Gasteiger partial charge is 0.496 e. The lowest BCUT2D eigenvalue weighted by molar-refractivity contribution is 0.379. The Labute approximate surface area is 114 Å². The quantitative estimate of drug-likeness (QED) is 0.881. The Kier molecular flexibility index (Phi) is 4.27. The molecule has 0 aliphatic carbocycles. The molecule has 3 heteroatoms. The molecule has 0 amide bonds. The van der Waals surface area contributed by atoms with E-state index in [-0.39, 0.29) is 12.1 Å². The smallest absolute Gasteiger partial charge is 0.123 e. The number of rotatable bonds is 5. The summed E-state index contributed by atoms with van der Waals surface area (Å²) in [7, 11) is 1.71. The molecule has 0 aliphatic rings. The number of hydrogen-bond donors (Lipinski definition) is 1. The minimum Gasteiger partial charge on any atom is -0.496 e. The topological polar surface area (TPSA) is 34.4 Å². The number of nitrogens with one attached hydrogen (secondary N) is 1. The average Bonchev–Trinajstić information content (AvgIpc) is 2.92. The van der Waals surface area contributed by atoms with Crippen LogP contribution in [-0.4, -0.2) is 7.11 Å². The maximum absolute atomic E-state index is 5.46. The van der Waals surface area contributed by atoms with E-state index in [1.54, 1.807) is 13.4 Å². The lowest BCUT2D eigenvalue weighted by Crippen LogP contribution is -2.22. The van der Waals surface area contributed by atoms with Gasteiger partial charge in [0, 0.05) is 11.6 Å². The van der Waals surface area contributed by atoms with Crippen LogP contribution in [0.15, 0.2) is 41.0 Å². The molecule has 0 fully saturated rings. The first kappa shape index (κ1) is 13.7. The van der Waals surface area contributed by atoms with Crippen LogP contribution in [-0.2, 0) is 0 Å². The van der Waals surface area contributed by atoms with E-state index in [9.17, 15) is 0 Å². The lowest BCUT2D eigenvalue weighted by atomic mass is 10.0. The molecule has 1 heterocycles. The summed E-state index contributed by atoms with van der Waals surface area (Å²) < 4.78 is 10.9. The van der Waals surface area contributed by atoms with E-state index in [1.807, 2.05) is 12.1 Å². The third-order valence-corrected chi connectivity index (χ3v) is 3.33.